The highest BCUT2D eigenvalue weighted by atomic mass is 32.2. The molecule has 1 aromatic heterocycles. The summed E-state index contributed by atoms with van der Waals surface area (Å²) in [6.07, 6.45) is 5.01. The molecule has 2 aromatic rings. The molecule has 2 bridgehead atoms. The normalized spacial score (nSPS) is 25.2. The molecule has 1 aromatic carbocycles. The number of piperidine rings is 1. The molecule has 0 aliphatic carbocycles. The van der Waals surface area contributed by atoms with Crippen LogP contribution in [-0.2, 0) is 16.3 Å². The number of nitrogens with zero attached hydrogens (tertiary/aromatic N) is 2. The largest absolute Gasteiger partial charge is 0.490 e. The molecule has 7 heteroatoms. The molecule has 0 spiro atoms. The lowest BCUT2D eigenvalue weighted by atomic mass is 10.0. The van der Waals surface area contributed by atoms with Gasteiger partial charge in [-0.15, -0.1) is 0 Å². The van der Waals surface area contributed by atoms with Gasteiger partial charge in [0.2, 0.25) is 0 Å². The van der Waals surface area contributed by atoms with Gasteiger partial charge >= 0.3 is 0 Å². The Balaban J connectivity index is 1.44. The van der Waals surface area contributed by atoms with Crippen LogP contribution in [-0.4, -0.2) is 47.6 Å². The molecule has 1 N–H and O–H groups in total. The van der Waals surface area contributed by atoms with E-state index in [0.29, 0.717) is 16.3 Å². The maximum absolute atomic E-state index is 13.0. The van der Waals surface area contributed by atoms with E-state index in [1.54, 1.807) is 13.8 Å². The third-order valence-corrected chi connectivity index (χ3v) is 8.03. The smallest absolute Gasteiger partial charge is 0.195 e. The zero-order valence-electron chi connectivity index (χ0n) is 16.8. The van der Waals surface area contributed by atoms with Crippen LogP contribution in [0.4, 0.5) is 0 Å². The summed E-state index contributed by atoms with van der Waals surface area (Å²) in [6, 6.07) is 8.84. The highest BCUT2D eigenvalue weighted by Crippen LogP contribution is 2.38. The topological polar surface area (TPSA) is 75.3 Å². The Hall–Kier alpha value is -1.86. The van der Waals surface area contributed by atoms with Gasteiger partial charge in [0.05, 0.1) is 11.4 Å². The van der Waals surface area contributed by atoms with Crippen LogP contribution >= 0.6 is 0 Å². The van der Waals surface area contributed by atoms with Crippen molar-refractivity contribution in [3.05, 3.63) is 41.2 Å². The summed E-state index contributed by atoms with van der Waals surface area (Å²) in [6.45, 7) is 5.66. The highest BCUT2D eigenvalue weighted by molar-refractivity contribution is 7.91. The molecule has 152 valence electrons. The van der Waals surface area contributed by atoms with Gasteiger partial charge in [0, 0.05) is 12.1 Å². The Morgan fingerprint density at radius 2 is 1.79 bits per heavy atom. The molecule has 2 saturated heterocycles. The van der Waals surface area contributed by atoms with Crippen molar-refractivity contribution >= 4 is 9.84 Å². The van der Waals surface area contributed by atoms with E-state index in [0.717, 1.165) is 37.9 Å². The first-order chi connectivity index (χ1) is 13.4. The first kappa shape index (κ1) is 19.5. The van der Waals surface area contributed by atoms with Crippen molar-refractivity contribution in [3.8, 4) is 5.75 Å². The zero-order chi connectivity index (χ0) is 19.9. The molecule has 2 aliphatic heterocycles. The summed E-state index contributed by atoms with van der Waals surface area (Å²) >= 11 is 0. The number of fused-ring (bicyclic) bond motifs is 2. The molecular weight excluding hydrogens is 374 g/mol. The molecule has 2 fully saturated rings. The summed E-state index contributed by atoms with van der Waals surface area (Å²) in [7, 11) is -3.40. The van der Waals surface area contributed by atoms with Crippen LogP contribution in [0, 0.1) is 13.8 Å². The zero-order valence-corrected chi connectivity index (χ0v) is 17.6. The first-order valence-electron chi connectivity index (χ1n) is 10.1. The molecule has 2 aliphatic rings. The van der Waals surface area contributed by atoms with Gasteiger partial charge in [-0.25, -0.2) is 8.42 Å². The van der Waals surface area contributed by atoms with E-state index in [4.69, 9.17) is 4.74 Å². The van der Waals surface area contributed by atoms with Gasteiger partial charge in [-0.05, 0) is 63.6 Å². The van der Waals surface area contributed by atoms with Crippen LogP contribution in [0.2, 0.25) is 0 Å². The van der Waals surface area contributed by atoms with Crippen LogP contribution in [0.5, 0.6) is 5.75 Å². The number of hydrogen-bond acceptors (Lipinski definition) is 5. The number of aryl methyl sites for hydroxylation is 3. The summed E-state index contributed by atoms with van der Waals surface area (Å²) in [5, 5.41) is 6.85. The second kappa shape index (κ2) is 7.52. The molecule has 3 heterocycles. The van der Waals surface area contributed by atoms with Crippen molar-refractivity contribution in [2.45, 2.75) is 76.0 Å². The van der Waals surface area contributed by atoms with E-state index in [1.165, 1.54) is 5.56 Å². The summed E-state index contributed by atoms with van der Waals surface area (Å²) in [5.41, 5.74) is 2.48. The molecule has 6 nitrogen and oxygen atoms in total. The molecule has 0 radical (unpaired) electrons. The summed E-state index contributed by atoms with van der Waals surface area (Å²) < 4.78 is 32.3. The average molecular weight is 404 g/mol. The van der Waals surface area contributed by atoms with E-state index < -0.39 is 9.84 Å². The lowest BCUT2D eigenvalue weighted by molar-refractivity contribution is 0.0609. The molecule has 0 amide bonds. The molecule has 1 unspecified atom stereocenters. The van der Waals surface area contributed by atoms with Gasteiger partial charge in [0.1, 0.15) is 22.6 Å². The number of benzene rings is 1. The quantitative estimate of drug-likeness (QED) is 0.800. The summed E-state index contributed by atoms with van der Waals surface area (Å²) in [4.78, 5) is 2.54. The van der Waals surface area contributed by atoms with E-state index in [-0.39, 0.29) is 24.1 Å². The second-order valence-electron chi connectivity index (χ2n) is 8.11. The number of rotatable bonds is 6. The van der Waals surface area contributed by atoms with Crippen molar-refractivity contribution in [1.29, 1.82) is 0 Å². The van der Waals surface area contributed by atoms with Crippen molar-refractivity contribution in [1.82, 2.24) is 15.1 Å². The highest BCUT2D eigenvalue weighted by Gasteiger charge is 2.43. The van der Waals surface area contributed by atoms with Crippen LogP contribution in [0.3, 0.4) is 0 Å². The Morgan fingerprint density at radius 3 is 2.32 bits per heavy atom. The maximum Gasteiger partial charge on any atom is 0.195 e. The number of nitrogens with one attached hydrogen (secondary N) is 1. The van der Waals surface area contributed by atoms with Crippen LogP contribution < -0.4 is 4.74 Å². The minimum absolute atomic E-state index is 0.0709. The average Bonchev–Trinajstić information content (AvgIpc) is 3.10. The fourth-order valence-corrected chi connectivity index (χ4v) is 6.74. The molecule has 28 heavy (non-hydrogen) atoms. The predicted molar refractivity (Wildman–Crippen MR) is 108 cm³/mol. The Morgan fingerprint density at radius 1 is 1.14 bits per heavy atom. The van der Waals surface area contributed by atoms with Crippen LogP contribution in [0.15, 0.2) is 29.2 Å². The van der Waals surface area contributed by atoms with E-state index in [1.807, 2.05) is 12.1 Å². The van der Waals surface area contributed by atoms with Crippen molar-refractivity contribution in [2.75, 3.05) is 5.88 Å². The molecule has 0 saturated carbocycles. The fourth-order valence-electron chi connectivity index (χ4n) is 4.79. The van der Waals surface area contributed by atoms with Gasteiger partial charge in [-0.3, -0.25) is 10.00 Å². The fraction of sp³-hybridized carbons (Fsp3) is 0.571. The monoisotopic (exact) mass is 403 g/mol. The number of H-pyrrole nitrogens is 1. The number of hydrogen-bond donors (Lipinski definition) is 1. The van der Waals surface area contributed by atoms with Gasteiger partial charge in [-0.2, -0.15) is 5.10 Å². The molecule has 4 rings (SSSR count). The maximum atomic E-state index is 13.0. The van der Waals surface area contributed by atoms with E-state index in [2.05, 4.69) is 34.2 Å². The molecular formula is C21H29N3O3S. The van der Waals surface area contributed by atoms with Gasteiger partial charge in [0.15, 0.2) is 9.84 Å². The van der Waals surface area contributed by atoms with Crippen molar-refractivity contribution in [2.24, 2.45) is 0 Å². The standard InChI is InChI=1S/C21H29N3O3S/c1-4-16-5-9-19(10-6-16)27-20-11-17-7-8-18(12-20)24(17)13-28(25,26)21-14(2)22-23-15(21)3/h5-6,9-10,17-18,20H,4,7-8,11-13H2,1-3H3,(H,22,23)/t17-,18+,20?. The Kier molecular flexibility index (Phi) is 5.22. The SMILES string of the molecule is CCc1ccc(OC2C[C@H]3CC[C@@H](C2)N3CS(=O)(=O)c2c(C)n[nH]c2C)cc1. The predicted octanol–water partition coefficient (Wildman–Crippen LogP) is 3.39. The van der Waals surface area contributed by atoms with Gasteiger partial charge in [-0.1, -0.05) is 19.1 Å². The lowest BCUT2D eigenvalue weighted by Gasteiger charge is -2.38. The number of aromatic nitrogens is 2. The van der Waals surface area contributed by atoms with Gasteiger partial charge in [0.25, 0.3) is 0 Å². The van der Waals surface area contributed by atoms with Crippen LogP contribution in [0.1, 0.15) is 49.6 Å². The second-order valence-corrected chi connectivity index (χ2v) is 10.0. The van der Waals surface area contributed by atoms with E-state index in [9.17, 15) is 8.42 Å². The third kappa shape index (κ3) is 3.70. The number of sulfone groups is 1. The van der Waals surface area contributed by atoms with Gasteiger partial charge < -0.3 is 4.74 Å². The Bertz CT molecular complexity index is 903. The Labute approximate surface area is 167 Å². The molecule has 3 atom stereocenters. The number of ether oxygens (including phenoxy) is 1. The third-order valence-electron chi connectivity index (χ3n) is 6.17. The van der Waals surface area contributed by atoms with Crippen molar-refractivity contribution in [3.63, 3.8) is 0 Å². The first-order valence-corrected chi connectivity index (χ1v) is 11.8. The van der Waals surface area contributed by atoms with Crippen molar-refractivity contribution < 1.29 is 13.2 Å². The summed E-state index contributed by atoms with van der Waals surface area (Å²) in [5.74, 6) is 0.980. The minimum Gasteiger partial charge on any atom is -0.490 e. The minimum atomic E-state index is -3.40. The van der Waals surface area contributed by atoms with Crippen LogP contribution in [0.25, 0.3) is 0 Å². The number of aromatic amines is 1. The lowest BCUT2D eigenvalue weighted by Crippen LogP contribution is -2.48. The van der Waals surface area contributed by atoms with E-state index >= 15 is 0 Å².